The highest BCUT2D eigenvalue weighted by Crippen LogP contribution is 2.21. The van der Waals surface area contributed by atoms with Crippen LogP contribution >= 0.6 is 0 Å². The summed E-state index contributed by atoms with van der Waals surface area (Å²) in [4.78, 5) is 4.56. The highest BCUT2D eigenvalue weighted by atomic mass is 32.2. The Kier molecular flexibility index (Phi) is 6.62. The van der Waals surface area contributed by atoms with Crippen molar-refractivity contribution >= 4 is 16.0 Å². The zero-order chi connectivity index (χ0) is 17.6. The molecule has 0 aliphatic carbocycles. The van der Waals surface area contributed by atoms with Crippen molar-refractivity contribution in [2.24, 2.45) is 4.99 Å². The van der Waals surface area contributed by atoms with Gasteiger partial charge in [0.2, 0.25) is 10.0 Å². The van der Waals surface area contributed by atoms with Crippen molar-refractivity contribution in [3.8, 4) is 0 Å². The average Bonchev–Trinajstić information content (AvgIpc) is 3.14. The third-order valence-electron chi connectivity index (χ3n) is 4.31. The molecule has 1 aliphatic heterocycles. The number of sulfonamides is 1. The van der Waals surface area contributed by atoms with Gasteiger partial charge >= 0.3 is 0 Å². The minimum absolute atomic E-state index is 0.351. The second-order valence-electron chi connectivity index (χ2n) is 6.13. The molecule has 134 valence electrons. The van der Waals surface area contributed by atoms with Crippen LogP contribution in [0.4, 0.5) is 0 Å². The first-order valence-corrected chi connectivity index (χ1v) is 9.97. The molecule has 1 saturated heterocycles. The maximum absolute atomic E-state index is 12.5. The van der Waals surface area contributed by atoms with Crippen molar-refractivity contribution in [3.63, 3.8) is 0 Å². The number of nitrogens with zero attached hydrogens (tertiary/aromatic N) is 2. The maximum Gasteiger partial charge on any atom is 0.243 e. The first-order valence-electron chi connectivity index (χ1n) is 8.53. The van der Waals surface area contributed by atoms with Gasteiger partial charge in [0.1, 0.15) is 0 Å². The number of rotatable bonds is 6. The summed E-state index contributed by atoms with van der Waals surface area (Å²) in [6.07, 6.45) is 2.91. The van der Waals surface area contributed by atoms with E-state index in [1.807, 2.05) is 12.1 Å². The quantitative estimate of drug-likeness (QED) is 0.606. The van der Waals surface area contributed by atoms with Gasteiger partial charge in [0.15, 0.2) is 5.96 Å². The lowest BCUT2D eigenvalue weighted by molar-refractivity contribution is 0.477. The lowest BCUT2D eigenvalue weighted by atomic mass is 10.2. The van der Waals surface area contributed by atoms with Crippen molar-refractivity contribution in [3.05, 3.63) is 29.8 Å². The fourth-order valence-electron chi connectivity index (χ4n) is 2.57. The van der Waals surface area contributed by atoms with E-state index >= 15 is 0 Å². The van der Waals surface area contributed by atoms with Crippen LogP contribution in [0.25, 0.3) is 0 Å². The van der Waals surface area contributed by atoms with E-state index in [9.17, 15) is 8.42 Å². The molecule has 1 atom stereocenters. The van der Waals surface area contributed by atoms with Gasteiger partial charge in [-0.3, -0.25) is 4.99 Å². The average molecular weight is 353 g/mol. The Morgan fingerprint density at radius 1 is 1.25 bits per heavy atom. The van der Waals surface area contributed by atoms with E-state index in [-0.39, 0.29) is 0 Å². The van der Waals surface area contributed by atoms with Gasteiger partial charge < -0.3 is 10.6 Å². The van der Waals surface area contributed by atoms with E-state index in [0.29, 0.717) is 30.6 Å². The summed E-state index contributed by atoms with van der Waals surface area (Å²) in [7, 11) is -1.59. The summed E-state index contributed by atoms with van der Waals surface area (Å²) >= 11 is 0. The molecule has 1 aromatic carbocycles. The Morgan fingerprint density at radius 3 is 2.42 bits per heavy atom. The summed E-state index contributed by atoms with van der Waals surface area (Å²) < 4.78 is 26.6. The molecule has 24 heavy (non-hydrogen) atoms. The summed E-state index contributed by atoms with van der Waals surface area (Å²) in [6, 6.07) is 7.44. The van der Waals surface area contributed by atoms with Crippen LogP contribution in [0.5, 0.6) is 0 Å². The fraction of sp³-hybridized carbons (Fsp3) is 0.588. The molecule has 6 nitrogen and oxygen atoms in total. The van der Waals surface area contributed by atoms with Gasteiger partial charge in [0.25, 0.3) is 0 Å². The second-order valence-corrected chi connectivity index (χ2v) is 8.07. The molecule has 1 heterocycles. The van der Waals surface area contributed by atoms with Gasteiger partial charge in [-0.05, 0) is 43.9 Å². The molecule has 7 heteroatoms. The minimum atomic E-state index is -3.33. The zero-order valence-electron chi connectivity index (χ0n) is 14.7. The van der Waals surface area contributed by atoms with Crippen LogP contribution in [0.3, 0.4) is 0 Å². The van der Waals surface area contributed by atoms with Crippen molar-refractivity contribution in [1.82, 2.24) is 14.9 Å². The number of guanidine groups is 1. The standard InChI is InChI=1S/C17H28N4O2S/c1-4-14(2)20-17(18-3)19-13-15-7-9-16(10-8-15)24(22,23)21-11-5-6-12-21/h7-10,14H,4-6,11-13H2,1-3H3,(H2,18,19,20). The Bertz CT molecular complexity index is 650. The largest absolute Gasteiger partial charge is 0.354 e. The van der Waals surface area contributed by atoms with Crippen molar-refractivity contribution in [2.75, 3.05) is 20.1 Å². The molecule has 1 unspecified atom stereocenters. The summed E-state index contributed by atoms with van der Waals surface area (Å²) in [5.74, 6) is 0.748. The summed E-state index contributed by atoms with van der Waals surface area (Å²) in [6.45, 7) is 6.07. The van der Waals surface area contributed by atoms with Crippen LogP contribution < -0.4 is 10.6 Å². The first kappa shape index (κ1) is 18.7. The van der Waals surface area contributed by atoms with Gasteiger partial charge in [0, 0.05) is 32.7 Å². The lowest BCUT2D eigenvalue weighted by Crippen LogP contribution is -2.41. The summed E-state index contributed by atoms with van der Waals surface area (Å²) in [5, 5.41) is 6.54. The molecule has 1 fully saturated rings. The predicted octanol–water partition coefficient (Wildman–Crippen LogP) is 1.93. The predicted molar refractivity (Wildman–Crippen MR) is 97.5 cm³/mol. The van der Waals surface area contributed by atoms with Crippen LogP contribution in [0.1, 0.15) is 38.7 Å². The number of hydrogen-bond acceptors (Lipinski definition) is 3. The molecule has 0 saturated carbocycles. The molecule has 0 amide bonds. The third kappa shape index (κ3) is 4.70. The van der Waals surface area contributed by atoms with E-state index in [1.54, 1.807) is 23.5 Å². The highest BCUT2D eigenvalue weighted by Gasteiger charge is 2.26. The van der Waals surface area contributed by atoms with Crippen molar-refractivity contribution < 1.29 is 8.42 Å². The zero-order valence-corrected chi connectivity index (χ0v) is 15.6. The van der Waals surface area contributed by atoms with Gasteiger partial charge in [-0.15, -0.1) is 0 Å². The minimum Gasteiger partial charge on any atom is -0.354 e. The normalized spacial score (nSPS) is 17.7. The molecule has 0 bridgehead atoms. The van der Waals surface area contributed by atoms with E-state index in [2.05, 4.69) is 29.5 Å². The monoisotopic (exact) mass is 352 g/mol. The van der Waals surface area contributed by atoms with Gasteiger partial charge in [0.05, 0.1) is 4.90 Å². The van der Waals surface area contributed by atoms with E-state index in [4.69, 9.17) is 0 Å². The SMILES string of the molecule is CCC(C)NC(=NC)NCc1ccc(S(=O)(=O)N2CCCC2)cc1. The molecular weight excluding hydrogens is 324 g/mol. The van der Waals surface area contributed by atoms with E-state index < -0.39 is 10.0 Å². The van der Waals surface area contributed by atoms with E-state index in [1.165, 1.54) is 0 Å². The number of hydrogen-bond donors (Lipinski definition) is 2. The molecule has 2 N–H and O–H groups in total. The molecule has 1 aliphatic rings. The van der Waals surface area contributed by atoms with Crippen molar-refractivity contribution in [2.45, 2.75) is 50.6 Å². The molecule has 1 aromatic rings. The molecule has 0 aromatic heterocycles. The highest BCUT2D eigenvalue weighted by molar-refractivity contribution is 7.89. The number of benzene rings is 1. The van der Waals surface area contributed by atoms with Crippen LogP contribution in [0.15, 0.2) is 34.2 Å². The van der Waals surface area contributed by atoms with Crippen LogP contribution in [-0.2, 0) is 16.6 Å². The fourth-order valence-corrected chi connectivity index (χ4v) is 4.09. The van der Waals surface area contributed by atoms with Crippen LogP contribution in [0.2, 0.25) is 0 Å². The third-order valence-corrected chi connectivity index (χ3v) is 6.22. The number of nitrogens with one attached hydrogen (secondary N) is 2. The van der Waals surface area contributed by atoms with Gasteiger partial charge in [-0.1, -0.05) is 19.1 Å². The van der Waals surface area contributed by atoms with Crippen LogP contribution in [-0.4, -0.2) is 44.9 Å². The molecular formula is C17H28N4O2S. The second kappa shape index (κ2) is 8.48. The molecule has 0 spiro atoms. The topological polar surface area (TPSA) is 73.8 Å². The summed E-state index contributed by atoms with van der Waals surface area (Å²) in [5.41, 5.74) is 1.02. The van der Waals surface area contributed by atoms with Crippen molar-refractivity contribution in [1.29, 1.82) is 0 Å². The lowest BCUT2D eigenvalue weighted by Gasteiger charge is -2.17. The van der Waals surface area contributed by atoms with Gasteiger partial charge in [-0.2, -0.15) is 4.31 Å². The van der Waals surface area contributed by atoms with Crippen LogP contribution in [0, 0.1) is 0 Å². The molecule has 0 radical (unpaired) electrons. The smallest absolute Gasteiger partial charge is 0.243 e. The van der Waals surface area contributed by atoms with E-state index in [0.717, 1.165) is 30.8 Å². The first-order chi connectivity index (χ1) is 11.5. The Hall–Kier alpha value is -1.60. The maximum atomic E-state index is 12.5. The Labute approximate surface area is 145 Å². The van der Waals surface area contributed by atoms with Gasteiger partial charge in [-0.25, -0.2) is 8.42 Å². The Balaban J connectivity index is 1.97. The molecule has 2 rings (SSSR count). The Morgan fingerprint density at radius 2 is 1.88 bits per heavy atom. The number of aliphatic imine (C=N–C) groups is 1.